The number of hydrogen-bond donors (Lipinski definition) is 0. The Morgan fingerprint density at radius 3 is 2.46 bits per heavy atom. The smallest absolute Gasteiger partial charge is 0.0932 e. The fourth-order valence-corrected chi connectivity index (χ4v) is 1.92. The van der Waals surface area contributed by atoms with Crippen LogP contribution in [0.4, 0.5) is 0 Å². The van der Waals surface area contributed by atoms with Crippen LogP contribution in [0.3, 0.4) is 0 Å². The zero-order valence-electron chi connectivity index (χ0n) is 8.55. The fraction of sp³-hybridized carbons (Fsp3) is 0.500. The summed E-state index contributed by atoms with van der Waals surface area (Å²) in [5.41, 5.74) is 4.12. The molecule has 0 spiro atoms. The SMILES string of the molecule is COC1(c2cc(C)ccc2C)CC1. The van der Waals surface area contributed by atoms with Crippen LogP contribution in [0.1, 0.15) is 29.5 Å². The van der Waals surface area contributed by atoms with E-state index in [1.165, 1.54) is 29.5 Å². The fourth-order valence-electron chi connectivity index (χ4n) is 1.92. The molecular formula is C12H16O. The molecule has 1 fully saturated rings. The van der Waals surface area contributed by atoms with Gasteiger partial charge in [-0.3, -0.25) is 0 Å². The van der Waals surface area contributed by atoms with E-state index < -0.39 is 0 Å². The van der Waals surface area contributed by atoms with E-state index in [1.807, 2.05) is 7.11 Å². The van der Waals surface area contributed by atoms with Crippen molar-refractivity contribution in [3.05, 3.63) is 34.9 Å². The Bertz CT molecular complexity index is 324. The standard InChI is InChI=1S/C12H16O/c1-9-4-5-10(2)11(8-9)12(13-3)6-7-12/h4-5,8H,6-7H2,1-3H3. The first-order valence-electron chi connectivity index (χ1n) is 4.81. The predicted molar refractivity (Wildman–Crippen MR) is 53.8 cm³/mol. The first-order chi connectivity index (χ1) is 6.18. The molecule has 1 aromatic rings. The highest BCUT2D eigenvalue weighted by Gasteiger charge is 2.45. The minimum atomic E-state index is 0.0656. The second kappa shape index (κ2) is 2.85. The molecule has 1 aromatic carbocycles. The van der Waals surface area contributed by atoms with Crippen LogP contribution in [0.25, 0.3) is 0 Å². The summed E-state index contributed by atoms with van der Waals surface area (Å²) in [5, 5.41) is 0. The Balaban J connectivity index is 2.44. The highest BCUT2D eigenvalue weighted by atomic mass is 16.5. The molecule has 0 aliphatic heterocycles. The molecule has 1 saturated carbocycles. The minimum Gasteiger partial charge on any atom is -0.374 e. The van der Waals surface area contributed by atoms with Gasteiger partial charge in [0.15, 0.2) is 0 Å². The van der Waals surface area contributed by atoms with Crippen LogP contribution in [-0.4, -0.2) is 7.11 Å². The van der Waals surface area contributed by atoms with Crippen molar-refractivity contribution in [2.45, 2.75) is 32.3 Å². The summed E-state index contributed by atoms with van der Waals surface area (Å²) in [4.78, 5) is 0. The van der Waals surface area contributed by atoms with E-state index in [4.69, 9.17) is 4.74 Å². The lowest BCUT2D eigenvalue weighted by molar-refractivity contribution is 0.0783. The molecule has 0 heterocycles. The summed E-state index contributed by atoms with van der Waals surface area (Å²) in [6.45, 7) is 4.29. The molecule has 0 aromatic heterocycles. The van der Waals surface area contributed by atoms with Gasteiger partial charge >= 0.3 is 0 Å². The van der Waals surface area contributed by atoms with Gasteiger partial charge < -0.3 is 4.74 Å². The summed E-state index contributed by atoms with van der Waals surface area (Å²) in [6.07, 6.45) is 2.35. The van der Waals surface area contributed by atoms with Gasteiger partial charge in [-0.15, -0.1) is 0 Å². The van der Waals surface area contributed by atoms with Crippen molar-refractivity contribution in [2.24, 2.45) is 0 Å². The van der Waals surface area contributed by atoms with Crippen LogP contribution in [0, 0.1) is 13.8 Å². The number of aryl methyl sites for hydroxylation is 2. The summed E-state index contributed by atoms with van der Waals surface area (Å²) in [5.74, 6) is 0. The summed E-state index contributed by atoms with van der Waals surface area (Å²) >= 11 is 0. The molecule has 0 amide bonds. The van der Waals surface area contributed by atoms with Gasteiger partial charge in [0.05, 0.1) is 5.60 Å². The maximum absolute atomic E-state index is 5.57. The normalized spacial score (nSPS) is 18.7. The van der Waals surface area contributed by atoms with Gasteiger partial charge in [-0.05, 0) is 37.8 Å². The van der Waals surface area contributed by atoms with Gasteiger partial charge in [-0.2, -0.15) is 0 Å². The number of methoxy groups -OCH3 is 1. The third kappa shape index (κ3) is 1.37. The molecule has 13 heavy (non-hydrogen) atoms. The quantitative estimate of drug-likeness (QED) is 0.673. The van der Waals surface area contributed by atoms with Gasteiger partial charge in [0.1, 0.15) is 0 Å². The zero-order valence-corrected chi connectivity index (χ0v) is 8.55. The van der Waals surface area contributed by atoms with Gasteiger partial charge in [-0.25, -0.2) is 0 Å². The minimum absolute atomic E-state index is 0.0656. The molecule has 70 valence electrons. The van der Waals surface area contributed by atoms with Crippen LogP contribution in [-0.2, 0) is 10.3 Å². The third-order valence-electron chi connectivity index (χ3n) is 2.98. The highest BCUT2D eigenvalue weighted by molar-refractivity contribution is 5.38. The molecule has 0 N–H and O–H groups in total. The maximum atomic E-state index is 5.57. The average Bonchev–Trinajstić information content (AvgIpc) is 2.90. The first kappa shape index (κ1) is 8.76. The Morgan fingerprint density at radius 2 is 1.92 bits per heavy atom. The highest BCUT2D eigenvalue weighted by Crippen LogP contribution is 2.49. The van der Waals surface area contributed by atoms with Crippen molar-refractivity contribution in [3.63, 3.8) is 0 Å². The molecule has 1 aliphatic carbocycles. The van der Waals surface area contributed by atoms with E-state index in [2.05, 4.69) is 32.0 Å². The van der Waals surface area contributed by atoms with E-state index in [0.717, 1.165) is 0 Å². The van der Waals surface area contributed by atoms with Crippen LogP contribution in [0.5, 0.6) is 0 Å². The van der Waals surface area contributed by atoms with Crippen LogP contribution < -0.4 is 0 Å². The number of rotatable bonds is 2. The van der Waals surface area contributed by atoms with Gasteiger partial charge in [-0.1, -0.05) is 23.8 Å². The predicted octanol–water partition coefficient (Wildman–Crippen LogP) is 2.94. The van der Waals surface area contributed by atoms with Crippen molar-refractivity contribution >= 4 is 0 Å². The Kier molecular flexibility index (Phi) is 1.92. The van der Waals surface area contributed by atoms with Crippen LogP contribution in [0.2, 0.25) is 0 Å². The Labute approximate surface area is 79.7 Å². The molecule has 0 bridgehead atoms. The van der Waals surface area contributed by atoms with Gasteiger partial charge in [0.25, 0.3) is 0 Å². The third-order valence-corrected chi connectivity index (χ3v) is 2.98. The van der Waals surface area contributed by atoms with Gasteiger partial charge in [0, 0.05) is 7.11 Å². The zero-order chi connectivity index (χ0) is 9.47. The Morgan fingerprint density at radius 1 is 1.23 bits per heavy atom. The molecule has 1 heteroatoms. The van der Waals surface area contributed by atoms with Crippen molar-refractivity contribution in [3.8, 4) is 0 Å². The van der Waals surface area contributed by atoms with Crippen molar-refractivity contribution in [1.29, 1.82) is 0 Å². The molecule has 0 atom stereocenters. The van der Waals surface area contributed by atoms with E-state index in [1.54, 1.807) is 0 Å². The average molecular weight is 176 g/mol. The number of ether oxygens (including phenoxy) is 1. The summed E-state index contributed by atoms with van der Waals surface area (Å²) in [7, 11) is 1.81. The lowest BCUT2D eigenvalue weighted by Gasteiger charge is -2.16. The number of hydrogen-bond acceptors (Lipinski definition) is 1. The molecule has 0 saturated heterocycles. The van der Waals surface area contributed by atoms with Gasteiger partial charge in [0.2, 0.25) is 0 Å². The topological polar surface area (TPSA) is 9.23 Å². The van der Waals surface area contributed by atoms with Crippen molar-refractivity contribution < 1.29 is 4.74 Å². The second-order valence-electron chi connectivity index (χ2n) is 4.02. The van der Waals surface area contributed by atoms with E-state index in [-0.39, 0.29) is 5.60 Å². The molecule has 1 nitrogen and oxygen atoms in total. The molecule has 0 unspecified atom stereocenters. The Hall–Kier alpha value is -0.820. The maximum Gasteiger partial charge on any atom is 0.0932 e. The molecule has 2 rings (SSSR count). The van der Waals surface area contributed by atoms with E-state index in [9.17, 15) is 0 Å². The second-order valence-corrected chi connectivity index (χ2v) is 4.02. The van der Waals surface area contributed by atoms with Crippen LogP contribution in [0.15, 0.2) is 18.2 Å². The molecule has 0 radical (unpaired) electrons. The monoisotopic (exact) mass is 176 g/mol. The molecular weight excluding hydrogens is 160 g/mol. The van der Waals surface area contributed by atoms with E-state index in [0.29, 0.717) is 0 Å². The molecule has 1 aliphatic rings. The van der Waals surface area contributed by atoms with Crippen molar-refractivity contribution in [1.82, 2.24) is 0 Å². The number of benzene rings is 1. The summed E-state index contributed by atoms with van der Waals surface area (Å²) in [6, 6.07) is 6.60. The van der Waals surface area contributed by atoms with E-state index >= 15 is 0 Å². The largest absolute Gasteiger partial charge is 0.374 e. The lowest BCUT2D eigenvalue weighted by atomic mass is 9.99. The van der Waals surface area contributed by atoms with Crippen molar-refractivity contribution in [2.75, 3.05) is 7.11 Å². The lowest BCUT2D eigenvalue weighted by Crippen LogP contribution is -2.10. The summed E-state index contributed by atoms with van der Waals surface area (Å²) < 4.78 is 5.57. The van der Waals surface area contributed by atoms with Crippen LogP contribution >= 0.6 is 0 Å². The first-order valence-corrected chi connectivity index (χ1v) is 4.81.